The summed E-state index contributed by atoms with van der Waals surface area (Å²) >= 11 is 0. The van der Waals surface area contributed by atoms with Gasteiger partial charge >= 0.3 is 6.03 Å². The monoisotopic (exact) mass is 440 g/mol. The van der Waals surface area contributed by atoms with Crippen LogP contribution in [-0.2, 0) is 19.6 Å². The summed E-state index contributed by atoms with van der Waals surface area (Å²) in [5, 5.41) is 5.63. The minimum absolute atomic E-state index is 0.105. The van der Waals surface area contributed by atoms with Gasteiger partial charge in [0, 0.05) is 51.1 Å². The van der Waals surface area contributed by atoms with Crippen molar-refractivity contribution in [2.75, 3.05) is 51.5 Å². The molecule has 0 saturated carbocycles. The van der Waals surface area contributed by atoms with Gasteiger partial charge in [-0.15, -0.1) is 0 Å². The highest BCUT2D eigenvalue weighted by Crippen LogP contribution is 2.25. The number of carbonyl (C=O) groups excluding carboxylic acids is 2. The molecule has 0 bridgehead atoms. The number of rotatable bonds is 7. The third-order valence-electron chi connectivity index (χ3n) is 5.28. The van der Waals surface area contributed by atoms with Crippen molar-refractivity contribution in [3.63, 3.8) is 0 Å². The van der Waals surface area contributed by atoms with Gasteiger partial charge in [0.05, 0.1) is 18.9 Å². The second-order valence-corrected chi connectivity index (χ2v) is 9.36. The van der Waals surface area contributed by atoms with Crippen LogP contribution in [0.3, 0.4) is 0 Å². The van der Waals surface area contributed by atoms with E-state index in [-0.39, 0.29) is 30.9 Å². The van der Waals surface area contributed by atoms with Crippen LogP contribution >= 0.6 is 0 Å². The van der Waals surface area contributed by atoms with Crippen LogP contribution in [0, 0.1) is 0 Å². The molecule has 3 rings (SSSR count). The third kappa shape index (κ3) is 5.21. The van der Waals surface area contributed by atoms with Gasteiger partial charge in [-0.2, -0.15) is 0 Å². The molecule has 0 unspecified atom stereocenters. The van der Waals surface area contributed by atoms with Crippen LogP contribution < -0.4 is 15.4 Å². The molecule has 2 atom stereocenters. The molecule has 166 valence electrons. The van der Waals surface area contributed by atoms with Gasteiger partial charge in [-0.05, 0) is 25.0 Å². The molecule has 0 radical (unpaired) electrons. The fourth-order valence-corrected chi connectivity index (χ4v) is 5.30. The highest BCUT2D eigenvalue weighted by molar-refractivity contribution is 7.89. The highest BCUT2D eigenvalue weighted by Gasteiger charge is 2.45. The van der Waals surface area contributed by atoms with E-state index in [0.29, 0.717) is 37.4 Å². The summed E-state index contributed by atoms with van der Waals surface area (Å²) in [5.41, 5.74) is 0.589. The number of amides is 3. The molecule has 2 heterocycles. The summed E-state index contributed by atoms with van der Waals surface area (Å²) in [4.78, 5) is 27.2. The lowest BCUT2D eigenvalue weighted by Gasteiger charge is -2.23. The maximum absolute atomic E-state index is 13.0. The minimum Gasteiger partial charge on any atom is -0.497 e. The number of hydrogen-bond donors (Lipinski definition) is 2. The second-order valence-electron chi connectivity index (χ2n) is 7.35. The molecule has 2 aliphatic rings. The van der Waals surface area contributed by atoms with E-state index in [1.54, 1.807) is 31.4 Å². The van der Waals surface area contributed by atoms with Gasteiger partial charge in [-0.1, -0.05) is 6.07 Å². The van der Waals surface area contributed by atoms with Gasteiger partial charge in [-0.25, -0.2) is 17.5 Å². The van der Waals surface area contributed by atoms with E-state index in [1.165, 1.54) is 7.11 Å². The molecule has 30 heavy (non-hydrogen) atoms. The van der Waals surface area contributed by atoms with Gasteiger partial charge in [0.25, 0.3) is 5.91 Å². The first kappa shape index (κ1) is 22.3. The van der Waals surface area contributed by atoms with E-state index in [9.17, 15) is 18.0 Å². The number of benzene rings is 1. The van der Waals surface area contributed by atoms with E-state index < -0.39 is 22.0 Å². The van der Waals surface area contributed by atoms with E-state index in [1.807, 2.05) is 4.90 Å². The number of methoxy groups -OCH3 is 2. The molecule has 3 amide bonds. The Morgan fingerprint density at radius 3 is 2.83 bits per heavy atom. The number of fused-ring (bicyclic) bond motifs is 1. The average Bonchev–Trinajstić information content (AvgIpc) is 3.08. The van der Waals surface area contributed by atoms with Crippen LogP contribution in [0.5, 0.6) is 5.75 Å². The van der Waals surface area contributed by atoms with Crippen LogP contribution in [0.4, 0.5) is 10.5 Å². The molecule has 2 saturated heterocycles. The van der Waals surface area contributed by atoms with Crippen LogP contribution in [0.15, 0.2) is 24.3 Å². The van der Waals surface area contributed by atoms with Crippen molar-refractivity contribution < 1.29 is 27.5 Å². The van der Waals surface area contributed by atoms with E-state index in [4.69, 9.17) is 9.47 Å². The normalized spacial score (nSPS) is 23.5. The van der Waals surface area contributed by atoms with Crippen molar-refractivity contribution >= 4 is 27.6 Å². The zero-order chi connectivity index (χ0) is 21.7. The molecular formula is C19H28N4O6S. The molecule has 2 N–H and O–H groups in total. The lowest BCUT2D eigenvalue weighted by atomic mass is 10.1. The number of nitrogens with one attached hydrogen (secondary N) is 2. The standard InChI is InChI=1S/C19H28N4O6S/c1-28-9-4-7-23-18(24)17-12-15(13-22(17)8-10-30(23,26)27)21-19(25)20-14-5-3-6-16(11-14)29-2/h3,5-6,11,15,17H,4,7-10,12-13H2,1-2H3,(H2,20,21,25)/t15-,17-/m0/s1. The fourth-order valence-electron chi connectivity index (χ4n) is 3.81. The molecule has 1 aromatic rings. The number of hydrogen-bond acceptors (Lipinski definition) is 7. The SMILES string of the molecule is COCCCN1C(=O)[C@@H]2C[C@H](NC(=O)Nc3cccc(OC)c3)CN2CCS1(=O)=O. The average molecular weight is 441 g/mol. The molecule has 2 aliphatic heterocycles. The zero-order valence-corrected chi connectivity index (χ0v) is 18.0. The Morgan fingerprint density at radius 1 is 1.30 bits per heavy atom. The molecule has 1 aromatic carbocycles. The summed E-state index contributed by atoms with van der Waals surface area (Å²) in [7, 11) is -0.565. The lowest BCUT2D eigenvalue weighted by Crippen LogP contribution is -2.45. The zero-order valence-electron chi connectivity index (χ0n) is 17.2. The second kappa shape index (κ2) is 9.63. The van der Waals surface area contributed by atoms with E-state index in [2.05, 4.69) is 10.6 Å². The quantitative estimate of drug-likeness (QED) is 0.592. The molecule has 0 aromatic heterocycles. The molecule has 11 heteroatoms. The Kier molecular flexibility index (Phi) is 7.16. The van der Waals surface area contributed by atoms with Crippen LogP contribution in [0.1, 0.15) is 12.8 Å². The molecule has 10 nitrogen and oxygen atoms in total. The van der Waals surface area contributed by atoms with Gasteiger partial charge in [0.2, 0.25) is 10.0 Å². The van der Waals surface area contributed by atoms with Crippen molar-refractivity contribution in [2.24, 2.45) is 0 Å². The van der Waals surface area contributed by atoms with Gasteiger partial charge in [-0.3, -0.25) is 9.69 Å². The first-order valence-corrected chi connectivity index (χ1v) is 11.4. The van der Waals surface area contributed by atoms with Crippen molar-refractivity contribution in [1.82, 2.24) is 14.5 Å². The minimum atomic E-state index is -3.64. The predicted octanol–water partition coefficient (Wildman–Crippen LogP) is 0.468. The fraction of sp³-hybridized carbons (Fsp3) is 0.579. The molecule has 2 fully saturated rings. The number of anilines is 1. The van der Waals surface area contributed by atoms with Crippen molar-refractivity contribution in [3.8, 4) is 5.75 Å². The number of carbonyl (C=O) groups is 2. The first-order valence-electron chi connectivity index (χ1n) is 9.83. The Bertz CT molecular complexity index is 878. The smallest absolute Gasteiger partial charge is 0.319 e. The van der Waals surface area contributed by atoms with Crippen molar-refractivity contribution in [1.29, 1.82) is 0 Å². The Labute approximate surface area is 176 Å². The Morgan fingerprint density at radius 2 is 2.10 bits per heavy atom. The van der Waals surface area contributed by atoms with Crippen LogP contribution in [0.25, 0.3) is 0 Å². The predicted molar refractivity (Wildman–Crippen MR) is 111 cm³/mol. The van der Waals surface area contributed by atoms with E-state index in [0.717, 1.165) is 4.31 Å². The van der Waals surface area contributed by atoms with Crippen molar-refractivity contribution in [3.05, 3.63) is 24.3 Å². The largest absolute Gasteiger partial charge is 0.497 e. The summed E-state index contributed by atoms with van der Waals surface area (Å²) in [5.74, 6) is 0.0776. The Hall–Kier alpha value is -2.37. The summed E-state index contributed by atoms with van der Waals surface area (Å²) in [6.45, 7) is 1.16. The number of sulfonamides is 1. The Balaban J connectivity index is 1.61. The molecular weight excluding hydrogens is 412 g/mol. The molecule has 0 aliphatic carbocycles. The third-order valence-corrected chi connectivity index (χ3v) is 7.01. The molecule has 0 spiro atoms. The highest BCUT2D eigenvalue weighted by atomic mass is 32.2. The van der Waals surface area contributed by atoms with E-state index >= 15 is 0 Å². The summed E-state index contributed by atoms with van der Waals surface area (Å²) in [6, 6.07) is 5.79. The van der Waals surface area contributed by atoms with Gasteiger partial charge in [0.1, 0.15) is 5.75 Å². The van der Waals surface area contributed by atoms with Crippen molar-refractivity contribution in [2.45, 2.75) is 24.9 Å². The number of urea groups is 1. The maximum Gasteiger partial charge on any atom is 0.319 e. The van der Waals surface area contributed by atoms with Gasteiger partial charge in [0.15, 0.2) is 0 Å². The van der Waals surface area contributed by atoms with Crippen LogP contribution in [-0.4, -0.2) is 87.9 Å². The van der Waals surface area contributed by atoms with Crippen LogP contribution in [0.2, 0.25) is 0 Å². The number of ether oxygens (including phenoxy) is 2. The lowest BCUT2D eigenvalue weighted by molar-refractivity contribution is -0.130. The number of nitrogens with zero attached hydrogens (tertiary/aromatic N) is 2. The topological polar surface area (TPSA) is 117 Å². The summed E-state index contributed by atoms with van der Waals surface area (Å²) < 4.78 is 36.1. The maximum atomic E-state index is 13.0. The van der Waals surface area contributed by atoms with Gasteiger partial charge < -0.3 is 20.1 Å². The summed E-state index contributed by atoms with van der Waals surface area (Å²) in [6.07, 6.45) is 0.805. The first-order chi connectivity index (χ1) is 14.3.